The molecule has 2 rings (SSSR count). The first-order valence-electron chi connectivity index (χ1n) is 7.19. The molecule has 0 bridgehead atoms. The molecule has 0 aliphatic carbocycles. The van der Waals surface area contributed by atoms with Gasteiger partial charge in [-0.15, -0.1) is 0 Å². The standard InChI is InChI=1S/C17H19BrN2O2/c1-2-22-16-9-7-15(8-10-16)20-17(21)19-12-11-13-3-5-14(18)6-4-13/h3-10H,2,11-12H2,1H3,(H2,19,20,21). The average molecular weight is 363 g/mol. The number of carbonyl (C=O) groups excluding carboxylic acids is 1. The Labute approximate surface area is 139 Å². The molecule has 0 aromatic heterocycles. The number of benzene rings is 2. The highest BCUT2D eigenvalue weighted by Gasteiger charge is 2.02. The van der Waals surface area contributed by atoms with Crippen molar-refractivity contribution in [2.75, 3.05) is 18.5 Å². The maximum absolute atomic E-state index is 11.8. The van der Waals surface area contributed by atoms with Gasteiger partial charge in [0.2, 0.25) is 0 Å². The molecule has 22 heavy (non-hydrogen) atoms. The molecule has 0 aliphatic rings. The predicted octanol–water partition coefficient (Wildman–Crippen LogP) is 4.21. The molecular weight excluding hydrogens is 344 g/mol. The van der Waals surface area contributed by atoms with Crippen molar-refractivity contribution in [3.05, 3.63) is 58.6 Å². The maximum atomic E-state index is 11.8. The quantitative estimate of drug-likeness (QED) is 0.808. The van der Waals surface area contributed by atoms with Crippen LogP contribution in [0.25, 0.3) is 0 Å². The summed E-state index contributed by atoms with van der Waals surface area (Å²) in [5, 5.41) is 5.63. The van der Waals surface area contributed by atoms with Crippen LogP contribution >= 0.6 is 15.9 Å². The van der Waals surface area contributed by atoms with Crippen LogP contribution in [0.2, 0.25) is 0 Å². The molecule has 0 saturated carbocycles. The average Bonchev–Trinajstić information content (AvgIpc) is 2.51. The Morgan fingerprint density at radius 3 is 2.41 bits per heavy atom. The molecule has 2 aromatic rings. The van der Waals surface area contributed by atoms with Crippen molar-refractivity contribution >= 4 is 27.6 Å². The third-order valence-electron chi connectivity index (χ3n) is 3.04. The summed E-state index contributed by atoms with van der Waals surface area (Å²) in [6.07, 6.45) is 0.796. The molecule has 0 unspecified atom stereocenters. The first-order chi connectivity index (χ1) is 10.7. The predicted molar refractivity (Wildman–Crippen MR) is 92.5 cm³/mol. The van der Waals surface area contributed by atoms with Crippen LogP contribution in [0.1, 0.15) is 12.5 Å². The zero-order valence-corrected chi connectivity index (χ0v) is 14.0. The Morgan fingerprint density at radius 1 is 1.09 bits per heavy atom. The summed E-state index contributed by atoms with van der Waals surface area (Å²) in [6, 6.07) is 15.2. The molecule has 0 spiro atoms. The molecule has 5 heteroatoms. The lowest BCUT2D eigenvalue weighted by atomic mass is 10.1. The monoisotopic (exact) mass is 362 g/mol. The van der Waals surface area contributed by atoms with E-state index in [4.69, 9.17) is 4.74 Å². The van der Waals surface area contributed by atoms with Crippen LogP contribution < -0.4 is 15.4 Å². The second-order valence-electron chi connectivity index (χ2n) is 4.71. The first-order valence-corrected chi connectivity index (χ1v) is 7.99. The number of ether oxygens (including phenoxy) is 1. The van der Waals surface area contributed by atoms with E-state index in [1.165, 1.54) is 5.56 Å². The van der Waals surface area contributed by atoms with E-state index in [1.54, 1.807) is 0 Å². The van der Waals surface area contributed by atoms with Gasteiger partial charge in [-0.25, -0.2) is 4.79 Å². The third kappa shape index (κ3) is 5.41. The molecule has 0 heterocycles. The Balaban J connectivity index is 1.74. The van der Waals surface area contributed by atoms with Gasteiger partial charge in [-0.3, -0.25) is 0 Å². The summed E-state index contributed by atoms with van der Waals surface area (Å²) in [5.74, 6) is 0.795. The molecule has 116 valence electrons. The molecule has 0 atom stereocenters. The van der Waals surface area contributed by atoms with Gasteiger partial charge in [0.15, 0.2) is 0 Å². The van der Waals surface area contributed by atoms with Crippen molar-refractivity contribution < 1.29 is 9.53 Å². The molecule has 0 radical (unpaired) electrons. The molecular formula is C17H19BrN2O2. The minimum atomic E-state index is -0.207. The van der Waals surface area contributed by atoms with E-state index >= 15 is 0 Å². The topological polar surface area (TPSA) is 50.4 Å². The molecule has 2 N–H and O–H groups in total. The Bertz CT molecular complexity index is 597. The lowest BCUT2D eigenvalue weighted by molar-refractivity contribution is 0.252. The third-order valence-corrected chi connectivity index (χ3v) is 3.56. The van der Waals surface area contributed by atoms with E-state index in [0.29, 0.717) is 13.2 Å². The molecule has 4 nitrogen and oxygen atoms in total. The van der Waals surface area contributed by atoms with Gasteiger partial charge in [-0.2, -0.15) is 0 Å². The van der Waals surface area contributed by atoms with Gasteiger partial charge in [0.05, 0.1) is 6.61 Å². The highest BCUT2D eigenvalue weighted by atomic mass is 79.9. The summed E-state index contributed by atoms with van der Waals surface area (Å²) < 4.78 is 6.41. The van der Waals surface area contributed by atoms with E-state index in [9.17, 15) is 4.79 Å². The molecule has 2 aromatic carbocycles. The van der Waals surface area contributed by atoms with Crippen LogP contribution in [0.3, 0.4) is 0 Å². The van der Waals surface area contributed by atoms with Gasteiger partial charge in [-0.1, -0.05) is 28.1 Å². The van der Waals surface area contributed by atoms with E-state index in [-0.39, 0.29) is 6.03 Å². The number of rotatable bonds is 6. The van der Waals surface area contributed by atoms with Crippen LogP contribution in [0.5, 0.6) is 5.75 Å². The van der Waals surface area contributed by atoms with Gasteiger partial charge in [0, 0.05) is 16.7 Å². The zero-order chi connectivity index (χ0) is 15.8. The zero-order valence-electron chi connectivity index (χ0n) is 12.4. The van der Waals surface area contributed by atoms with Crippen LogP contribution in [0.15, 0.2) is 53.0 Å². The van der Waals surface area contributed by atoms with Crippen molar-refractivity contribution in [1.29, 1.82) is 0 Å². The largest absolute Gasteiger partial charge is 0.494 e. The number of nitrogens with one attached hydrogen (secondary N) is 2. The van der Waals surface area contributed by atoms with Gasteiger partial charge in [0.25, 0.3) is 0 Å². The minimum Gasteiger partial charge on any atom is -0.494 e. The van der Waals surface area contributed by atoms with Crippen molar-refractivity contribution in [2.24, 2.45) is 0 Å². The number of amides is 2. The highest BCUT2D eigenvalue weighted by molar-refractivity contribution is 9.10. The second-order valence-corrected chi connectivity index (χ2v) is 5.63. The highest BCUT2D eigenvalue weighted by Crippen LogP contribution is 2.15. The fourth-order valence-corrected chi connectivity index (χ4v) is 2.21. The Kier molecular flexibility index (Phi) is 6.27. The van der Waals surface area contributed by atoms with E-state index in [2.05, 4.69) is 26.6 Å². The van der Waals surface area contributed by atoms with Gasteiger partial charge < -0.3 is 15.4 Å². The lowest BCUT2D eigenvalue weighted by Gasteiger charge is -2.09. The Hall–Kier alpha value is -2.01. The lowest BCUT2D eigenvalue weighted by Crippen LogP contribution is -2.30. The summed E-state index contributed by atoms with van der Waals surface area (Å²) in [4.78, 5) is 11.8. The molecule has 0 fully saturated rings. The number of anilines is 1. The molecule has 2 amide bonds. The summed E-state index contributed by atoms with van der Waals surface area (Å²) in [6.45, 7) is 3.15. The fourth-order valence-electron chi connectivity index (χ4n) is 1.95. The summed E-state index contributed by atoms with van der Waals surface area (Å²) in [5.41, 5.74) is 1.93. The molecule has 0 saturated heterocycles. The number of urea groups is 1. The van der Waals surface area contributed by atoms with Gasteiger partial charge in [0.1, 0.15) is 5.75 Å². The second kappa shape index (κ2) is 8.44. The smallest absolute Gasteiger partial charge is 0.319 e. The van der Waals surface area contributed by atoms with Crippen LogP contribution in [0.4, 0.5) is 10.5 Å². The molecule has 0 aliphatic heterocycles. The fraction of sp³-hybridized carbons (Fsp3) is 0.235. The van der Waals surface area contributed by atoms with Gasteiger partial charge in [-0.05, 0) is 55.3 Å². The minimum absolute atomic E-state index is 0.207. The maximum Gasteiger partial charge on any atom is 0.319 e. The normalized spacial score (nSPS) is 10.1. The van der Waals surface area contributed by atoms with Crippen molar-refractivity contribution in [3.63, 3.8) is 0 Å². The first kappa shape index (κ1) is 16.4. The van der Waals surface area contributed by atoms with E-state index in [1.807, 2.05) is 55.5 Å². The van der Waals surface area contributed by atoms with Crippen molar-refractivity contribution in [1.82, 2.24) is 5.32 Å². The van der Waals surface area contributed by atoms with E-state index in [0.717, 1.165) is 22.3 Å². The van der Waals surface area contributed by atoms with Crippen molar-refractivity contribution in [2.45, 2.75) is 13.3 Å². The number of halogens is 1. The van der Waals surface area contributed by atoms with Gasteiger partial charge >= 0.3 is 6.03 Å². The van der Waals surface area contributed by atoms with Crippen LogP contribution in [-0.2, 0) is 6.42 Å². The number of carbonyl (C=O) groups is 1. The van der Waals surface area contributed by atoms with Crippen LogP contribution in [-0.4, -0.2) is 19.2 Å². The summed E-state index contributed by atoms with van der Waals surface area (Å²) >= 11 is 3.40. The van der Waals surface area contributed by atoms with Crippen LogP contribution in [0, 0.1) is 0 Å². The Morgan fingerprint density at radius 2 is 1.77 bits per heavy atom. The van der Waals surface area contributed by atoms with Crippen molar-refractivity contribution in [3.8, 4) is 5.75 Å². The number of hydrogen-bond acceptors (Lipinski definition) is 2. The SMILES string of the molecule is CCOc1ccc(NC(=O)NCCc2ccc(Br)cc2)cc1. The summed E-state index contributed by atoms with van der Waals surface area (Å²) in [7, 11) is 0. The van der Waals surface area contributed by atoms with E-state index < -0.39 is 0 Å². The number of hydrogen-bond donors (Lipinski definition) is 2.